The molecule has 2 aliphatic heterocycles. The molecule has 1 fully saturated rings. The van der Waals surface area contributed by atoms with Crippen LogP contribution in [0.15, 0.2) is 18.2 Å². The van der Waals surface area contributed by atoms with Gasteiger partial charge in [0.05, 0.1) is 16.9 Å². The number of fused-ring (bicyclic) bond motifs is 3. The van der Waals surface area contributed by atoms with Crippen LogP contribution in [0, 0.1) is 0 Å². The third-order valence-corrected chi connectivity index (χ3v) is 6.19. The Bertz CT molecular complexity index is 1020. The van der Waals surface area contributed by atoms with Gasteiger partial charge in [0.1, 0.15) is 11.4 Å². The van der Waals surface area contributed by atoms with Crippen LogP contribution in [-0.2, 0) is 14.9 Å². The molecule has 5 heteroatoms. The Balaban J connectivity index is 1.85. The first-order chi connectivity index (χ1) is 12.5. The van der Waals surface area contributed by atoms with Crippen molar-refractivity contribution in [3.05, 3.63) is 34.3 Å². The van der Waals surface area contributed by atoms with Crippen LogP contribution < -0.4 is 20.8 Å². The molecule has 0 amide bonds. The third kappa shape index (κ3) is 2.59. The highest BCUT2D eigenvalue weighted by atomic mass is 16.7. The first-order valence-electron chi connectivity index (χ1n) is 9.53. The molecule has 1 aromatic carbocycles. The van der Waals surface area contributed by atoms with Crippen molar-refractivity contribution < 1.29 is 14.0 Å². The summed E-state index contributed by atoms with van der Waals surface area (Å²) < 4.78 is 18.8. The van der Waals surface area contributed by atoms with Crippen LogP contribution in [-0.4, -0.2) is 23.3 Å². The second kappa shape index (κ2) is 5.52. The summed E-state index contributed by atoms with van der Waals surface area (Å²) >= 11 is 0. The first-order valence-corrected chi connectivity index (χ1v) is 9.53. The van der Waals surface area contributed by atoms with Crippen LogP contribution in [0.1, 0.15) is 54.0 Å². The second-order valence-corrected chi connectivity index (χ2v) is 9.01. The van der Waals surface area contributed by atoms with Crippen molar-refractivity contribution in [2.75, 3.05) is 0 Å². The minimum absolute atomic E-state index is 0.367. The van der Waals surface area contributed by atoms with Gasteiger partial charge in [0.25, 0.3) is 0 Å². The number of hydrogen-bond acceptors (Lipinski definition) is 3. The molecule has 27 heavy (non-hydrogen) atoms. The zero-order valence-electron chi connectivity index (χ0n) is 17.3. The van der Waals surface area contributed by atoms with Crippen molar-refractivity contribution in [3.8, 4) is 17.0 Å². The van der Waals surface area contributed by atoms with Gasteiger partial charge in [0.15, 0.2) is 0 Å². The quantitative estimate of drug-likeness (QED) is 0.791. The summed E-state index contributed by atoms with van der Waals surface area (Å²) in [6.45, 7) is 18.7. The maximum Gasteiger partial charge on any atom is 0.494 e. The molecule has 3 heterocycles. The lowest BCUT2D eigenvalue weighted by molar-refractivity contribution is 0.00578. The molecule has 0 radical (unpaired) electrons. The minimum Gasteiger partial charge on any atom is -0.482 e. The predicted octanol–water partition coefficient (Wildman–Crippen LogP) is 2.82. The standard InChI is InChI=1S/C22H28BNO3/c1-9-16-13(2)18-19(24-16)15-12-14(10-11-17(15)25-20(18,3)4)23-26-21(5,6)22(7,8)27-23/h9-12,24H,2H2,1,3-8H3. The number of aromatic nitrogens is 1. The largest absolute Gasteiger partial charge is 0.494 e. The number of hydrogen-bond donors (Lipinski definition) is 1. The molecule has 0 aliphatic carbocycles. The SMILES string of the molecule is C=c1c2c([nH]c1=CC)-c1cc(B3OC(C)(C)C(C)(C)O3)ccc1OC2(C)C. The molecule has 142 valence electrons. The molecule has 0 spiro atoms. The average Bonchev–Trinajstić information content (AvgIpc) is 3.01. The van der Waals surface area contributed by atoms with Crippen molar-refractivity contribution in [3.63, 3.8) is 0 Å². The number of nitrogens with one attached hydrogen (secondary N) is 1. The highest BCUT2D eigenvalue weighted by Gasteiger charge is 2.52. The first kappa shape index (κ1) is 18.4. The van der Waals surface area contributed by atoms with Gasteiger partial charge in [-0.2, -0.15) is 0 Å². The van der Waals surface area contributed by atoms with E-state index in [1.165, 1.54) is 0 Å². The minimum atomic E-state index is -0.441. The topological polar surface area (TPSA) is 43.5 Å². The van der Waals surface area contributed by atoms with E-state index in [2.05, 4.69) is 65.2 Å². The molecule has 0 unspecified atom stereocenters. The molecule has 1 saturated heterocycles. The zero-order chi connectivity index (χ0) is 19.8. The lowest BCUT2D eigenvalue weighted by Gasteiger charge is -2.33. The van der Waals surface area contributed by atoms with Crippen molar-refractivity contribution in [2.45, 2.75) is 65.3 Å². The van der Waals surface area contributed by atoms with Gasteiger partial charge in [-0.1, -0.05) is 18.7 Å². The van der Waals surface area contributed by atoms with Crippen LogP contribution in [0.4, 0.5) is 0 Å². The molecule has 2 aromatic rings. The second-order valence-electron chi connectivity index (χ2n) is 9.01. The molecule has 0 bridgehead atoms. The summed E-state index contributed by atoms with van der Waals surface area (Å²) in [5.41, 5.74) is 3.01. The van der Waals surface area contributed by atoms with Crippen LogP contribution in [0.3, 0.4) is 0 Å². The van der Waals surface area contributed by atoms with Crippen molar-refractivity contribution in [1.82, 2.24) is 4.98 Å². The van der Waals surface area contributed by atoms with Gasteiger partial charge in [0.2, 0.25) is 0 Å². The van der Waals surface area contributed by atoms with E-state index in [-0.39, 0.29) is 11.2 Å². The van der Waals surface area contributed by atoms with Crippen molar-refractivity contribution >= 4 is 25.2 Å². The lowest BCUT2D eigenvalue weighted by Crippen LogP contribution is -2.41. The Morgan fingerprint density at radius 2 is 1.67 bits per heavy atom. The van der Waals surface area contributed by atoms with Crippen molar-refractivity contribution in [1.29, 1.82) is 0 Å². The van der Waals surface area contributed by atoms with E-state index in [1.54, 1.807) is 0 Å². The van der Waals surface area contributed by atoms with Crippen LogP contribution in [0.2, 0.25) is 0 Å². The third-order valence-electron chi connectivity index (χ3n) is 6.19. The molecule has 1 aromatic heterocycles. The summed E-state index contributed by atoms with van der Waals surface area (Å²) in [6, 6.07) is 6.16. The maximum atomic E-state index is 6.33. The van der Waals surface area contributed by atoms with Gasteiger partial charge in [0, 0.05) is 16.5 Å². The Morgan fingerprint density at radius 1 is 1.04 bits per heavy atom. The molecule has 1 N–H and O–H groups in total. The molecular weight excluding hydrogens is 337 g/mol. The Kier molecular flexibility index (Phi) is 3.76. The Labute approximate surface area is 161 Å². The molecule has 4 rings (SSSR count). The van der Waals surface area contributed by atoms with E-state index in [1.807, 2.05) is 19.1 Å². The number of benzene rings is 1. The highest BCUT2D eigenvalue weighted by molar-refractivity contribution is 6.62. The number of H-pyrrole nitrogens is 1. The normalized spacial score (nSPS) is 22.3. The van der Waals surface area contributed by atoms with E-state index in [0.29, 0.717) is 0 Å². The summed E-state index contributed by atoms with van der Waals surface area (Å²) in [6.07, 6.45) is 2.05. The fourth-order valence-corrected chi connectivity index (χ4v) is 3.95. The van der Waals surface area contributed by atoms with Gasteiger partial charge in [-0.25, -0.2) is 0 Å². The van der Waals surface area contributed by atoms with Gasteiger partial charge in [-0.3, -0.25) is 0 Å². The number of ether oxygens (including phenoxy) is 1. The van der Waals surface area contributed by atoms with Crippen LogP contribution in [0.5, 0.6) is 5.75 Å². The molecule has 2 aliphatic rings. The van der Waals surface area contributed by atoms with Crippen molar-refractivity contribution in [2.24, 2.45) is 0 Å². The predicted molar refractivity (Wildman–Crippen MR) is 111 cm³/mol. The summed E-state index contributed by atoms with van der Waals surface area (Å²) in [5.74, 6) is 0.858. The molecular formula is C22H28BNO3. The monoisotopic (exact) mass is 365 g/mol. The van der Waals surface area contributed by atoms with Crippen LogP contribution >= 0.6 is 0 Å². The van der Waals surface area contributed by atoms with Gasteiger partial charge < -0.3 is 19.0 Å². The molecule has 0 atom stereocenters. The van der Waals surface area contributed by atoms with E-state index >= 15 is 0 Å². The highest BCUT2D eigenvalue weighted by Crippen LogP contribution is 2.42. The molecule has 0 saturated carbocycles. The molecule has 4 nitrogen and oxygen atoms in total. The van der Waals surface area contributed by atoms with Gasteiger partial charge in [-0.05, 0) is 71.3 Å². The smallest absolute Gasteiger partial charge is 0.482 e. The lowest BCUT2D eigenvalue weighted by atomic mass is 9.77. The number of aromatic amines is 1. The number of rotatable bonds is 1. The average molecular weight is 365 g/mol. The van der Waals surface area contributed by atoms with E-state index in [0.717, 1.165) is 38.6 Å². The fraction of sp³-hybridized carbons (Fsp3) is 0.455. The summed E-state index contributed by atoms with van der Waals surface area (Å²) in [7, 11) is -0.398. The zero-order valence-corrected chi connectivity index (χ0v) is 17.3. The Morgan fingerprint density at radius 3 is 2.26 bits per heavy atom. The van der Waals surface area contributed by atoms with Crippen LogP contribution in [0.25, 0.3) is 23.9 Å². The van der Waals surface area contributed by atoms with E-state index < -0.39 is 12.7 Å². The van der Waals surface area contributed by atoms with E-state index in [4.69, 9.17) is 14.0 Å². The summed E-state index contributed by atoms with van der Waals surface area (Å²) in [4.78, 5) is 3.53. The summed E-state index contributed by atoms with van der Waals surface area (Å²) in [5, 5.41) is 2.02. The van der Waals surface area contributed by atoms with Gasteiger partial charge in [-0.15, -0.1) is 0 Å². The Hall–Kier alpha value is -1.98. The maximum absolute atomic E-state index is 6.33. The fourth-order valence-electron chi connectivity index (χ4n) is 3.95. The van der Waals surface area contributed by atoms with Gasteiger partial charge >= 0.3 is 7.12 Å². The van der Waals surface area contributed by atoms with E-state index in [9.17, 15) is 0 Å².